The molecule has 1 aromatic rings. The smallest absolute Gasteiger partial charge is 0.138 e. The second-order valence-corrected chi connectivity index (χ2v) is 3.12. The van der Waals surface area contributed by atoms with Gasteiger partial charge in [0, 0.05) is 11.6 Å². The van der Waals surface area contributed by atoms with Crippen LogP contribution in [-0.4, -0.2) is 0 Å². The summed E-state index contributed by atoms with van der Waals surface area (Å²) in [6.45, 7) is 0. The highest BCUT2D eigenvalue weighted by atomic mass is 79.9. The molecule has 13 heavy (non-hydrogen) atoms. The van der Waals surface area contributed by atoms with Crippen molar-refractivity contribution < 1.29 is 4.39 Å². The molecule has 0 heterocycles. The van der Waals surface area contributed by atoms with Gasteiger partial charge in [0.05, 0.1) is 16.2 Å². The average molecular weight is 241 g/mol. The molecule has 0 aromatic heterocycles. The molecule has 2 N–H and O–H groups in total. The van der Waals surface area contributed by atoms with E-state index in [1.54, 1.807) is 12.1 Å². The minimum Gasteiger partial charge on any atom is -0.398 e. The highest BCUT2D eigenvalue weighted by molar-refractivity contribution is 9.10. The Kier molecular flexibility index (Phi) is 3.04. The van der Waals surface area contributed by atoms with Crippen LogP contribution >= 0.6 is 15.9 Å². The van der Waals surface area contributed by atoms with Crippen LogP contribution in [0.4, 0.5) is 4.39 Å². The molecule has 1 rings (SSSR count). The molecule has 66 valence electrons. The number of allylic oxidation sites excluding steroid dienone is 1. The first kappa shape index (κ1) is 9.75. The molecule has 0 radical (unpaired) electrons. The summed E-state index contributed by atoms with van der Waals surface area (Å²) in [4.78, 5) is 0. The molecule has 1 aromatic carbocycles. The van der Waals surface area contributed by atoms with Gasteiger partial charge in [-0.3, -0.25) is 0 Å². The van der Waals surface area contributed by atoms with Crippen LogP contribution in [0.3, 0.4) is 0 Å². The van der Waals surface area contributed by atoms with E-state index >= 15 is 0 Å². The number of hydrogen-bond donors (Lipinski definition) is 1. The number of nitriles is 1. The predicted octanol–water partition coefficient (Wildman–Crippen LogP) is 2.41. The highest BCUT2D eigenvalue weighted by Crippen LogP contribution is 2.23. The van der Waals surface area contributed by atoms with Crippen LogP contribution < -0.4 is 5.73 Å². The topological polar surface area (TPSA) is 49.8 Å². The van der Waals surface area contributed by atoms with E-state index in [2.05, 4.69) is 15.9 Å². The summed E-state index contributed by atoms with van der Waals surface area (Å²) in [6, 6.07) is 6.27. The molecule has 0 aliphatic carbocycles. The van der Waals surface area contributed by atoms with Gasteiger partial charge in [-0.1, -0.05) is 12.1 Å². The number of nitrogens with zero attached hydrogens (tertiary/aromatic N) is 1. The zero-order valence-electron chi connectivity index (χ0n) is 6.59. The molecular weight excluding hydrogens is 235 g/mol. The van der Waals surface area contributed by atoms with Crippen molar-refractivity contribution in [3.63, 3.8) is 0 Å². The molecule has 0 spiro atoms. The Labute approximate surface area is 83.6 Å². The van der Waals surface area contributed by atoms with Gasteiger partial charge in [-0.05, 0) is 22.0 Å². The third kappa shape index (κ3) is 2.07. The Morgan fingerprint density at radius 3 is 2.92 bits per heavy atom. The van der Waals surface area contributed by atoms with Crippen LogP contribution in [0.5, 0.6) is 0 Å². The molecule has 0 fully saturated rings. The van der Waals surface area contributed by atoms with Crippen LogP contribution in [0.25, 0.3) is 5.70 Å². The quantitative estimate of drug-likeness (QED) is 0.767. The lowest BCUT2D eigenvalue weighted by Crippen LogP contribution is -1.97. The molecule has 0 amide bonds. The largest absolute Gasteiger partial charge is 0.398 e. The highest BCUT2D eigenvalue weighted by Gasteiger charge is 2.06. The average Bonchev–Trinajstić information content (AvgIpc) is 2.10. The molecule has 4 heteroatoms. The summed E-state index contributed by atoms with van der Waals surface area (Å²) in [7, 11) is 0. The summed E-state index contributed by atoms with van der Waals surface area (Å²) in [5.41, 5.74) is 6.25. The maximum atomic E-state index is 13.0. The molecular formula is C9H6BrFN2. The van der Waals surface area contributed by atoms with E-state index in [9.17, 15) is 4.39 Å². The number of halogens is 2. The van der Waals surface area contributed by atoms with Gasteiger partial charge >= 0.3 is 0 Å². The monoisotopic (exact) mass is 240 g/mol. The zero-order chi connectivity index (χ0) is 9.84. The van der Waals surface area contributed by atoms with E-state index in [1.807, 2.05) is 0 Å². The molecule has 0 saturated carbocycles. The van der Waals surface area contributed by atoms with Crippen LogP contribution in [0.15, 0.2) is 28.7 Å². The lowest BCUT2D eigenvalue weighted by atomic mass is 10.1. The van der Waals surface area contributed by atoms with E-state index in [1.165, 1.54) is 18.2 Å². The van der Waals surface area contributed by atoms with Crippen molar-refractivity contribution in [3.05, 3.63) is 40.1 Å². The third-order valence-corrected chi connectivity index (χ3v) is 2.29. The van der Waals surface area contributed by atoms with Crippen LogP contribution in [0.2, 0.25) is 0 Å². The third-order valence-electron chi connectivity index (χ3n) is 1.48. The lowest BCUT2D eigenvalue weighted by Gasteiger charge is -2.03. The maximum absolute atomic E-state index is 13.0. The first-order chi connectivity index (χ1) is 6.16. The van der Waals surface area contributed by atoms with E-state index < -0.39 is 5.82 Å². The summed E-state index contributed by atoms with van der Waals surface area (Å²) < 4.78 is 13.2. The number of hydrogen-bond acceptors (Lipinski definition) is 2. The fraction of sp³-hybridized carbons (Fsp3) is 0. The first-order valence-corrected chi connectivity index (χ1v) is 4.25. The van der Waals surface area contributed by atoms with E-state index in [-0.39, 0.29) is 10.2 Å². The molecule has 0 unspecified atom stereocenters. The first-order valence-electron chi connectivity index (χ1n) is 3.46. The van der Waals surface area contributed by atoms with Crippen molar-refractivity contribution in [1.82, 2.24) is 0 Å². The minimum atomic E-state index is -0.396. The molecule has 0 bridgehead atoms. The molecule has 0 saturated heterocycles. The van der Waals surface area contributed by atoms with E-state index in [0.29, 0.717) is 5.56 Å². The molecule has 0 aliphatic heterocycles. The standard InChI is InChI=1S/C9H6BrFN2/c10-9-6(8(13)4-5-12)2-1-3-7(9)11/h1-4H,13H2/b8-4+. The van der Waals surface area contributed by atoms with Crippen molar-refractivity contribution in [2.75, 3.05) is 0 Å². The van der Waals surface area contributed by atoms with Gasteiger partial charge in [-0.2, -0.15) is 5.26 Å². The van der Waals surface area contributed by atoms with Gasteiger partial charge in [0.2, 0.25) is 0 Å². The van der Waals surface area contributed by atoms with Gasteiger partial charge in [0.1, 0.15) is 5.82 Å². The van der Waals surface area contributed by atoms with Crippen molar-refractivity contribution >= 4 is 21.6 Å². The van der Waals surface area contributed by atoms with E-state index in [4.69, 9.17) is 11.0 Å². The summed E-state index contributed by atoms with van der Waals surface area (Å²) in [5, 5.41) is 8.34. The maximum Gasteiger partial charge on any atom is 0.138 e. The lowest BCUT2D eigenvalue weighted by molar-refractivity contribution is 0.620. The van der Waals surface area contributed by atoms with Crippen molar-refractivity contribution in [2.24, 2.45) is 5.73 Å². The minimum absolute atomic E-state index is 0.244. The van der Waals surface area contributed by atoms with Crippen molar-refractivity contribution in [1.29, 1.82) is 5.26 Å². The summed E-state index contributed by atoms with van der Waals surface area (Å²) >= 11 is 3.05. The SMILES string of the molecule is N#C/C=C(/N)c1cccc(F)c1Br. The Morgan fingerprint density at radius 2 is 2.31 bits per heavy atom. The van der Waals surface area contributed by atoms with Crippen molar-refractivity contribution in [3.8, 4) is 6.07 Å². The fourth-order valence-electron chi connectivity index (χ4n) is 0.874. The van der Waals surface area contributed by atoms with Gasteiger partial charge < -0.3 is 5.73 Å². The van der Waals surface area contributed by atoms with Gasteiger partial charge in [-0.25, -0.2) is 4.39 Å². The number of benzene rings is 1. The fourth-order valence-corrected chi connectivity index (χ4v) is 1.37. The second-order valence-electron chi connectivity index (χ2n) is 2.33. The van der Waals surface area contributed by atoms with Crippen LogP contribution in [-0.2, 0) is 0 Å². The van der Waals surface area contributed by atoms with Gasteiger partial charge in [0.25, 0.3) is 0 Å². The van der Waals surface area contributed by atoms with Crippen molar-refractivity contribution in [2.45, 2.75) is 0 Å². The molecule has 2 nitrogen and oxygen atoms in total. The van der Waals surface area contributed by atoms with E-state index in [0.717, 1.165) is 0 Å². The Bertz CT molecular complexity index is 393. The van der Waals surface area contributed by atoms with Crippen LogP contribution in [0.1, 0.15) is 5.56 Å². The molecule has 0 atom stereocenters. The van der Waals surface area contributed by atoms with Gasteiger partial charge in [0.15, 0.2) is 0 Å². The molecule has 0 aliphatic rings. The number of nitrogens with two attached hydrogens (primary N) is 1. The van der Waals surface area contributed by atoms with Gasteiger partial charge in [-0.15, -0.1) is 0 Å². The normalized spacial score (nSPS) is 11.0. The Balaban J connectivity index is 3.25. The number of rotatable bonds is 1. The van der Waals surface area contributed by atoms with Crippen LogP contribution in [0, 0.1) is 17.1 Å². The second kappa shape index (κ2) is 4.06. The summed E-state index contributed by atoms with van der Waals surface area (Å²) in [5.74, 6) is -0.396. The predicted molar refractivity (Wildman–Crippen MR) is 51.9 cm³/mol. The Hall–Kier alpha value is -1.34. The Morgan fingerprint density at radius 1 is 1.62 bits per heavy atom. The summed E-state index contributed by atoms with van der Waals surface area (Å²) in [6.07, 6.45) is 1.17. The zero-order valence-corrected chi connectivity index (χ0v) is 8.18.